The molecule has 0 amide bonds. The van der Waals surface area contributed by atoms with Crippen molar-refractivity contribution in [2.45, 2.75) is 32.4 Å². The predicted octanol–water partition coefficient (Wildman–Crippen LogP) is 2.99. The van der Waals surface area contributed by atoms with Crippen LogP contribution < -0.4 is 5.32 Å². The molecule has 1 fully saturated rings. The Morgan fingerprint density at radius 1 is 1.32 bits per heavy atom. The van der Waals surface area contributed by atoms with Gasteiger partial charge in [-0.3, -0.25) is 4.90 Å². The lowest BCUT2D eigenvalue weighted by Crippen LogP contribution is -2.33. The van der Waals surface area contributed by atoms with E-state index >= 15 is 0 Å². The number of hydrogen-bond donors (Lipinski definition) is 1. The van der Waals surface area contributed by atoms with Crippen LogP contribution in [-0.2, 0) is 6.54 Å². The van der Waals surface area contributed by atoms with Crippen molar-refractivity contribution in [3.8, 4) is 0 Å². The summed E-state index contributed by atoms with van der Waals surface area (Å²) in [6, 6.07) is 11.5. The Balaban J connectivity index is 1.60. The molecule has 0 bridgehead atoms. The minimum Gasteiger partial charge on any atom is -0.313 e. The third-order valence-electron chi connectivity index (χ3n) is 3.62. The fraction of sp³-hybridized carbons (Fsp3) is 0.625. The molecule has 1 aliphatic rings. The Morgan fingerprint density at radius 2 is 2.16 bits per heavy atom. The molecule has 2 rings (SSSR count). The molecule has 0 aromatic heterocycles. The summed E-state index contributed by atoms with van der Waals surface area (Å²) in [5.74, 6) is 2.54. The van der Waals surface area contributed by atoms with Gasteiger partial charge in [0.1, 0.15) is 0 Å². The Hall–Kier alpha value is -0.510. The van der Waals surface area contributed by atoms with Crippen molar-refractivity contribution in [2.75, 3.05) is 31.1 Å². The lowest BCUT2D eigenvalue weighted by Gasteiger charge is -2.16. The third-order valence-corrected chi connectivity index (χ3v) is 4.61. The van der Waals surface area contributed by atoms with Crippen LogP contribution in [0, 0.1) is 0 Å². The molecule has 1 aliphatic heterocycles. The average Bonchev–Trinajstić information content (AvgIpc) is 2.87. The van der Waals surface area contributed by atoms with E-state index in [4.69, 9.17) is 0 Å². The van der Waals surface area contributed by atoms with Crippen LogP contribution >= 0.6 is 11.8 Å². The van der Waals surface area contributed by atoms with Crippen molar-refractivity contribution in [3.63, 3.8) is 0 Å². The van der Waals surface area contributed by atoms with E-state index in [1.807, 2.05) is 11.8 Å². The predicted molar refractivity (Wildman–Crippen MR) is 85.7 cm³/mol. The number of rotatable bonds is 8. The van der Waals surface area contributed by atoms with Crippen molar-refractivity contribution in [2.24, 2.45) is 0 Å². The highest BCUT2D eigenvalue weighted by molar-refractivity contribution is 7.99. The zero-order chi connectivity index (χ0) is 13.3. The van der Waals surface area contributed by atoms with Crippen LogP contribution in [0.2, 0.25) is 0 Å². The second kappa shape index (κ2) is 8.62. The molecule has 1 unspecified atom stereocenters. The zero-order valence-corrected chi connectivity index (χ0v) is 12.8. The molecule has 1 atom stereocenters. The van der Waals surface area contributed by atoms with Crippen LogP contribution in [0.5, 0.6) is 0 Å². The Labute approximate surface area is 122 Å². The lowest BCUT2D eigenvalue weighted by atomic mass is 10.2. The van der Waals surface area contributed by atoms with E-state index in [2.05, 4.69) is 47.5 Å². The molecule has 2 nitrogen and oxygen atoms in total. The van der Waals surface area contributed by atoms with E-state index in [1.54, 1.807) is 0 Å². The maximum atomic E-state index is 3.70. The molecular weight excluding hydrogens is 252 g/mol. The summed E-state index contributed by atoms with van der Waals surface area (Å²) in [5.41, 5.74) is 1.43. The number of thioether (sulfide) groups is 1. The van der Waals surface area contributed by atoms with E-state index in [0.29, 0.717) is 6.04 Å². The minimum absolute atomic E-state index is 0.704. The van der Waals surface area contributed by atoms with Crippen LogP contribution in [0.4, 0.5) is 0 Å². The van der Waals surface area contributed by atoms with Crippen molar-refractivity contribution in [1.29, 1.82) is 0 Å². The number of likely N-dealkylation sites (tertiary alicyclic amines) is 1. The topological polar surface area (TPSA) is 15.3 Å². The summed E-state index contributed by atoms with van der Waals surface area (Å²) in [6.45, 7) is 6.95. The van der Waals surface area contributed by atoms with Gasteiger partial charge in [-0.2, -0.15) is 11.8 Å². The SMILES string of the molecule is CCSCCCNC1CCN(Cc2ccccc2)C1. The van der Waals surface area contributed by atoms with Gasteiger partial charge in [0.15, 0.2) is 0 Å². The van der Waals surface area contributed by atoms with Crippen LogP contribution in [0.1, 0.15) is 25.3 Å². The number of benzene rings is 1. The highest BCUT2D eigenvalue weighted by Crippen LogP contribution is 2.13. The first-order valence-electron chi connectivity index (χ1n) is 7.46. The summed E-state index contributed by atoms with van der Waals surface area (Å²) in [4.78, 5) is 2.56. The molecule has 3 heteroatoms. The molecule has 0 saturated carbocycles. The second-order valence-electron chi connectivity index (χ2n) is 5.21. The lowest BCUT2D eigenvalue weighted by molar-refractivity contribution is 0.320. The maximum Gasteiger partial charge on any atom is 0.0234 e. The smallest absolute Gasteiger partial charge is 0.0234 e. The van der Waals surface area contributed by atoms with Gasteiger partial charge in [0, 0.05) is 25.7 Å². The zero-order valence-electron chi connectivity index (χ0n) is 12.0. The van der Waals surface area contributed by atoms with Gasteiger partial charge in [0.2, 0.25) is 0 Å². The first-order chi connectivity index (χ1) is 9.38. The van der Waals surface area contributed by atoms with Crippen molar-refractivity contribution >= 4 is 11.8 Å². The van der Waals surface area contributed by atoms with Gasteiger partial charge in [0.05, 0.1) is 0 Å². The van der Waals surface area contributed by atoms with Gasteiger partial charge in [0.25, 0.3) is 0 Å². The minimum atomic E-state index is 0.704. The molecule has 19 heavy (non-hydrogen) atoms. The normalized spacial score (nSPS) is 19.9. The van der Waals surface area contributed by atoms with E-state index in [0.717, 1.165) is 6.54 Å². The van der Waals surface area contributed by atoms with Crippen LogP contribution in [0.15, 0.2) is 30.3 Å². The van der Waals surface area contributed by atoms with Crippen LogP contribution in [0.25, 0.3) is 0 Å². The molecular formula is C16H26N2S. The number of nitrogens with zero attached hydrogens (tertiary/aromatic N) is 1. The molecule has 1 heterocycles. The molecule has 0 aliphatic carbocycles. The number of hydrogen-bond acceptors (Lipinski definition) is 3. The fourth-order valence-corrected chi connectivity index (χ4v) is 3.25. The Bertz CT molecular complexity index is 342. The average molecular weight is 278 g/mol. The molecule has 1 N–H and O–H groups in total. The van der Waals surface area contributed by atoms with Crippen molar-refractivity contribution in [3.05, 3.63) is 35.9 Å². The van der Waals surface area contributed by atoms with E-state index in [1.165, 1.54) is 49.5 Å². The van der Waals surface area contributed by atoms with Gasteiger partial charge in [-0.05, 0) is 36.5 Å². The molecule has 1 aromatic rings. The molecule has 1 saturated heterocycles. The second-order valence-corrected chi connectivity index (χ2v) is 6.60. The van der Waals surface area contributed by atoms with Crippen LogP contribution in [-0.4, -0.2) is 42.1 Å². The monoisotopic (exact) mass is 278 g/mol. The summed E-state index contributed by atoms with van der Waals surface area (Å²) in [5, 5.41) is 3.70. The fourth-order valence-electron chi connectivity index (χ4n) is 2.61. The summed E-state index contributed by atoms with van der Waals surface area (Å²) < 4.78 is 0. The molecule has 0 spiro atoms. The Morgan fingerprint density at radius 3 is 2.95 bits per heavy atom. The standard InChI is InChI=1S/C16H26N2S/c1-2-19-12-6-10-17-16-9-11-18(14-16)13-15-7-4-3-5-8-15/h3-5,7-8,16-17H,2,6,9-14H2,1H3. The summed E-state index contributed by atoms with van der Waals surface area (Å²) >= 11 is 2.04. The van der Waals surface area contributed by atoms with E-state index in [9.17, 15) is 0 Å². The number of nitrogens with one attached hydrogen (secondary N) is 1. The first-order valence-corrected chi connectivity index (χ1v) is 8.61. The highest BCUT2D eigenvalue weighted by atomic mass is 32.2. The molecule has 1 aromatic carbocycles. The van der Waals surface area contributed by atoms with Gasteiger partial charge >= 0.3 is 0 Å². The van der Waals surface area contributed by atoms with E-state index < -0.39 is 0 Å². The van der Waals surface area contributed by atoms with Crippen molar-refractivity contribution < 1.29 is 0 Å². The highest BCUT2D eigenvalue weighted by Gasteiger charge is 2.21. The van der Waals surface area contributed by atoms with Gasteiger partial charge in [-0.15, -0.1) is 0 Å². The summed E-state index contributed by atoms with van der Waals surface area (Å²) in [6.07, 6.45) is 2.60. The van der Waals surface area contributed by atoms with Gasteiger partial charge in [-0.1, -0.05) is 37.3 Å². The van der Waals surface area contributed by atoms with Gasteiger partial charge < -0.3 is 5.32 Å². The first kappa shape index (κ1) is 14.9. The van der Waals surface area contributed by atoms with Crippen LogP contribution in [0.3, 0.4) is 0 Å². The Kier molecular flexibility index (Phi) is 6.75. The quantitative estimate of drug-likeness (QED) is 0.736. The molecule has 0 radical (unpaired) electrons. The largest absolute Gasteiger partial charge is 0.313 e. The molecule has 106 valence electrons. The van der Waals surface area contributed by atoms with Crippen molar-refractivity contribution in [1.82, 2.24) is 10.2 Å². The maximum absolute atomic E-state index is 3.70. The van der Waals surface area contributed by atoms with Gasteiger partial charge in [-0.25, -0.2) is 0 Å². The summed E-state index contributed by atoms with van der Waals surface area (Å²) in [7, 11) is 0. The van der Waals surface area contributed by atoms with E-state index in [-0.39, 0.29) is 0 Å². The third kappa shape index (κ3) is 5.55.